The Morgan fingerprint density at radius 2 is 2.10 bits per heavy atom. The lowest BCUT2D eigenvalue weighted by atomic mass is 10.1. The molecule has 0 radical (unpaired) electrons. The molecule has 110 valence electrons. The summed E-state index contributed by atoms with van der Waals surface area (Å²) in [6.07, 6.45) is 1.15. The molecule has 3 rings (SSSR count). The van der Waals surface area contributed by atoms with E-state index in [2.05, 4.69) is 16.3 Å². The number of rotatable bonds is 5. The first-order valence-corrected chi connectivity index (χ1v) is 7.95. The van der Waals surface area contributed by atoms with Gasteiger partial charge in [0.25, 0.3) is 0 Å². The quantitative estimate of drug-likeness (QED) is 0.659. The molecular formula is C16H19N3OS. The highest BCUT2D eigenvalue weighted by atomic mass is 32.1. The van der Waals surface area contributed by atoms with Crippen molar-refractivity contribution in [3.63, 3.8) is 0 Å². The van der Waals surface area contributed by atoms with Gasteiger partial charge in [-0.25, -0.2) is 0 Å². The van der Waals surface area contributed by atoms with Gasteiger partial charge in [-0.1, -0.05) is 0 Å². The Morgan fingerprint density at radius 1 is 1.29 bits per heavy atom. The molecule has 21 heavy (non-hydrogen) atoms. The molecule has 4 nitrogen and oxygen atoms in total. The third-order valence-electron chi connectivity index (χ3n) is 3.73. The minimum absolute atomic E-state index is 0.0847. The van der Waals surface area contributed by atoms with E-state index in [9.17, 15) is 0 Å². The largest absolute Gasteiger partial charge is 0.492 e. The zero-order chi connectivity index (χ0) is 14.7. The summed E-state index contributed by atoms with van der Waals surface area (Å²) in [5.41, 5.74) is 7.62. The van der Waals surface area contributed by atoms with Crippen LogP contribution in [0.4, 0.5) is 0 Å². The number of hydrogen-bond donors (Lipinski definition) is 2. The number of thiophene rings is 1. The van der Waals surface area contributed by atoms with Crippen LogP contribution in [0.25, 0.3) is 0 Å². The number of nitrogens with two attached hydrogens (primary N) is 1. The topological polar surface area (TPSA) is 62.3 Å². The maximum Gasteiger partial charge on any atom is 0.122 e. The third kappa shape index (κ3) is 3.43. The van der Waals surface area contributed by atoms with Gasteiger partial charge in [-0.3, -0.25) is 10.3 Å². The van der Waals surface area contributed by atoms with Gasteiger partial charge in [0.15, 0.2) is 0 Å². The van der Waals surface area contributed by atoms with Gasteiger partial charge in [0.05, 0.1) is 0 Å². The monoisotopic (exact) mass is 301 g/mol. The van der Waals surface area contributed by atoms with Crippen molar-refractivity contribution in [3.8, 4) is 5.75 Å². The van der Waals surface area contributed by atoms with E-state index >= 15 is 0 Å². The minimum Gasteiger partial charge on any atom is -0.492 e. The van der Waals surface area contributed by atoms with E-state index in [1.165, 1.54) is 10.4 Å². The molecule has 0 bridgehead atoms. The van der Waals surface area contributed by atoms with Crippen LogP contribution in [0.1, 0.15) is 16.0 Å². The summed E-state index contributed by atoms with van der Waals surface area (Å²) in [6.45, 7) is 3.76. The predicted octanol–water partition coefficient (Wildman–Crippen LogP) is 2.47. The van der Waals surface area contributed by atoms with Gasteiger partial charge in [-0.05, 0) is 47.7 Å². The molecule has 0 unspecified atom stereocenters. The normalized spacial score (nSPS) is 14.7. The summed E-state index contributed by atoms with van der Waals surface area (Å²) in [4.78, 5) is 3.96. The Balaban J connectivity index is 1.47. The molecule has 1 aliphatic heterocycles. The lowest BCUT2D eigenvalue weighted by Gasteiger charge is -2.26. The van der Waals surface area contributed by atoms with E-state index in [0.717, 1.165) is 37.4 Å². The molecule has 0 saturated heterocycles. The second-order valence-corrected chi connectivity index (χ2v) is 6.18. The van der Waals surface area contributed by atoms with Crippen LogP contribution >= 0.6 is 11.3 Å². The fraction of sp³-hybridized carbons (Fsp3) is 0.312. The third-order valence-corrected chi connectivity index (χ3v) is 4.75. The van der Waals surface area contributed by atoms with Crippen LogP contribution < -0.4 is 10.5 Å². The average Bonchev–Trinajstić information content (AvgIpc) is 2.95. The molecule has 1 aliphatic rings. The number of amidine groups is 1. The smallest absolute Gasteiger partial charge is 0.122 e. The second kappa shape index (κ2) is 6.28. The molecule has 2 heterocycles. The molecule has 1 aromatic carbocycles. The maximum atomic E-state index is 7.36. The molecule has 3 N–H and O–H groups in total. The van der Waals surface area contributed by atoms with Crippen molar-refractivity contribution >= 4 is 17.2 Å². The zero-order valence-electron chi connectivity index (χ0n) is 11.8. The zero-order valence-corrected chi connectivity index (χ0v) is 12.7. The van der Waals surface area contributed by atoms with Crippen LogP contribution in [0, 0.1) is 5.41 Å². The van der Waals surface area contributed by atoms with Gasteiger partial charge in [-0.15, -0.1) is 11.3 Å². The van der Waals surface area contributed by atoms with Crippen LogP contribution in [0.5, 0.6) is 5.75 Å². The summed E-state index contributed by atoms with van der Waals surface area (Å²) >= 11 is 1.87. The molecule has 0 amide bonds. The molecule has 0 fully saturated rings. The Bertz CT molecular complexity index is 621. The van der Waals surface area contributed by atoms with Crippen LogP contribution in [0.2, 0.25) is 0 Å². The standard InChI is InChI=1S/C16H19N3OS/c17-16(18)12-1-3-14(4-2-12)20-9-8-19-7-5-15-13(11-19)6-10-21-15/h1-4,6,10H,5,7-9,11H2,(H3,17,18). The molecule has 5 heteroatoms. The van der Waals surface area contributed by atoms with E-state index in [4.69, 9.17) is 15.9 Å². The highest BCUT2D eigenvalue weighted by Crippen LogP contribution is 2.23. The number of nitrogens with one attached hydrogen (secondary N) is 1. The average molecular weight is 301 g/mol. The highest BCUT2D eigenvalue weighted by molar-refractivity contribution is 7.10. The van der Waals surface area contributed by atoms with Crippen LogP contribution in [0.3, 0.4) is 0 Å². The van der Waals surface area contributed by atoms with Crippen molar-refractivity contribution < 1.29 is 4.74 Å². The summed E-state index contributed by atoms with van der Waals surface area (Å²) in [7, 11) is 0. The summed E-state index contributed by atoms with van der Waals surface area (Å²) in [5, 5.41) is 9.54. The Labute approximate surface area is 128 Å². The number of ether oxygens (including phenoxy) is 1. The first-order valence-electron chi connectivity index (χ1n) is 7.07. The Kier molecular flexibility index (Phi) is 4.22. The first-order chi connectivity index (χ1) is 10.2. The fourth-order valence-electron chi connectivity index (χ4n) is 2.52. The van der Waals surface area contributed by atoms with Gasteiger partial charge in [0, 0.05) is 30.1 Å². The molecule has 0 saturated carbocycles. The fourth-order valence-corrected chi connectivity index (χ4v) is 3.41. The van der Waals surface area contributed by atoms with Gasteiger partial charge < -0.3 is 10.5 Å². The maximum absolute atomic E-state index is 7.36. The van der Waals surface area contributed by atoms with Crippen LogP contribution in [-0.2, 0) is 13.0 Å². The van der Waals surface area contributed by atoms with E-state index in [0.29, 0.717) is 6.61 Å². The lowest BCUT2D eigenvalue weighted by Crippen LogP contribution is -2.33. The molecule has 0 atom stereocenters. The van der Waals surface area contributed by atoms with Crippen molar-refractivity contribution in [2.75, 3.05) is 19.7 Å². The van der Waals surface area contributed by atoms with E-state index < -0.39 is 0 Å². The summed E-state index contributed by atoms with van der Waals surface area (Å²) in [6, 6.07) is 9.59. The van der Waals surface area contributed by atoms with Crippen molar-refractivity contribution in [1.29, 1.82) is 5.41 Å². The molecule has 1 aromatic heterocycles. The number of fused-ring (bicyclic) bond motifs is 1. The number of nitrogen functional groups attached to an aromatic ring is 1. The molecule has 0 aliphatic carbocycles. The highest BCUT2D eigenvalue weighted by Gasteiger charge is 2.16. The first kappa shape index (κ1) is 14.1. The van der Waals surface area contributed by atoms with Crippen molar-refractivity contribution in [2.24, 2.45) is 5.73 Å². The predicted molar refractivity (Wildman–Crippen MR) is 86.3 cm³/mol. The van der Waals surface area contributed by atoms with E-state index in [1.807, 2.05) is 35.6 Å². The molecular weight excluding hydrogens is 282 g/mol. The SMILES string of the molecule is N=C(N)c1ccc(OCCN2CCc3sccc3C2)cc1. The van der Waals surface area contributed by atoms with Crippen molar-refractivity contribution in [2.45, 2.75) is 13.0 Å². The molecule has 2 aromatic rings. The number of nitrogens with zero attached hydrogens (tertiary/aromatic N) is 1. The van der Waals surface area contributed by atoms with Gasteiger partial charge in [-0.2, -0.15) is 0 Å². The second-order valence-electron chi connectivity index (χ2n) is 5.18. The summed E-state index contributed by atoms with van der Waals surface area (Å²) < 4.78 is 5.76. The van der Waals surface area contributed by atoms with E-state index in [1.54, 1.807) is 0 Å². The van der Waals surface area contributed by atoms with Gasteiger partial charge >= 0.3 is 0 Å². The molecule has 0 spiro atoms. The minimum atomic E-state index is 0.0847. The van der Waals surface area contributed by atoms with Crippen LogP contribution in [0.15, 0.2) is 35.7 Å². The van der Waals surface area contributed by atoms with Gasteiger partial charge in [0.2, 0.25) is 0 Å². The van der Waals surface area contributed by atoms with Crippen LogP contribution in [-0.4, -0.2) is 30.4 Å². The Hall–Kier alpha value is -1.85. The van der Waals surface area contributed by atoms with Crippen molar-refractivity contribution in [3.05, 3.63) is 51.7 Å². The summed E-state index contributed by atoms with van der Waals surface area (Å²) in [5.74, 6) is 0.912. The van der Waals surface area contributed by atoms with Crippen molar-refractivity contribution in [1.82, 2.24) is 4.90 Å². The number of benzene rings is 1. The lowest BCUT2D eigenvalue weighted by molar-refractivity contribution is 0.197. The Morgan fingerprint density at radius 3 is 2.86 bits per heavy atom. The number of hydrogen-bond acceptors (Lipinski definition) is 4. The van der Waals surface area contributed by atoms with E-state index in [-0.39, 0.29) is 5.84 Å². The van der Waals surface area contributed by atoms with Gasteiger partial charge in [0.1, 0.15) is 18.2 Å².